The second kappa shape index (κ2) is 5.01. The summed E-state index contributed by atoms with van der Waals surface area (Å²) in [6.45, 7) is 3.28. The molecule has 0 heterocycles. The predicted octanol–water partition coefficient (Wildman–Crippen LogP) is 2.32. The summed E-state index contributed by atoms with van der Waals surface area (Å²) in [5.74, 6) is -1.75. The second-order valence-electron chi connectivity index (χ2n) is 3.54. The zero-order valence-electron chi connectivity index (χ0n) is 9.11. The molecule has 17 heavy (non-hydrogen) atoms. The average Bonchev–Trinajstić information content (AvgIpc) is 2.15. The molecule has 0 aliphatic carbocycles. The van der Waals surface area contributed by atoms with Crippen molar-refractivity contribution in [2.24, 2.45) is 0 Å². The number of esters is 1. The van der Waals surface area contributed by atoms with Crippen LogP contribution >= 0.6 is 10.7 Å². The van der Waals surface area contributed by atoms with E-state index in [0.717, 1.165) is 18.2 Å². The van der Waals surface area contributed by atoms with Crippen LogP contribution in [-0.4, -0.2) is 20.5 Å². The molecule has 0 aliphatic heterocycles. The van der Waals surface area contributed by atoms with Gasteiger partial charge in [0.05, 0.1) is 11.7 Å². The summed E-state index contributed by atoms with van der Waals surface area (Å²) < 4.78 is 40.1. The van der Waals surface area contributed by atoms with E-state index in [9.17, 15) is 17.6 Å². The Morgan fingerprint density at radius 2 is 2.00 bits per heavy atom. The molecule has 0 saturated heterocycles. The molecule has 0 bridgehead atoms. The molecule has 0 aliphatic rings. The zero-order chi connectivity index (χ0) is 13.2. The van der Waals surface area contributed by atoms with Gasteiger partial charge in [-0.25, -0.2) is 17.6 Å². The van der Waals surface area contributed by atoms with Crippen molar-refractivity contribution in [3.8, 4) is 0 Å². The highest BCUT2D eigenvalue weighted by molar-refractivity contribution is 8.13. The Balaban J connectivity index is 3.18. The zero-order valence-corrected chi connectivity index (χ0v) is 10.7. The lowest BCUT2D eigenvalue weighted by Gasteiger charge is -2.08. The van der Waals surface area contributed by atoms with Crippen molar-refractivity contribution in [1.82, 2.24) is 0 Å². The summed E-state index contributed by atoms with van der Waals surface area (Å²) in [6, 6.07) is 2.83. The van der Waals surface area contributed by atoms with Crippen LogP contribution in [0.1, 0.15) is 24.2 Å². The van der Waals surface area contributed by atoms with Gasteiger partial charge in [0.25, 0.3) is 9.05 Å². The van der Waals surface area contributed by atoms with E-state index in [0.29, 0.717) is 0 Å². The van der Waals surface area contributed by atoms with Gasteiger partial charge in [0.1, 0.15) is 10.7 Å². The summed E-state index contributed by atoms with van der Waals surface area (Å²) in [7, 11) is 0.798. The van der Waals surface area contributed by atoms with Crippen LogP contribution in [0, 0.1) is 5.82 Å². The van der Waals surface area contributed by atoms with Crippen molar-refractivity contribution in [3.05, 3.63) is 29.6 Å². The molecule has 0 atom stereocenters. The van der Waals surface area contributed by atoms with Crippen LogP contribution in [0.5, 0.6) is 0 Å². The summed E-state index contributed by atoms with van der Waals surface area (Å²) in [4.78, 5) is 10.7. The average molecular weight is 281 g/mol. The van der Waals surface area contributed by atoms with E-state index in [2.05, 4.69) is 0 Å². The maximum atomic E-state index is 13.2. The molecule has 0 unspecified atom stereocenters. The first-order valence-electron chi connectivity index (χ1n) is 4.67. The molecule has 94 valence electrons. The van der Waals surface area contributed by atoms with E-state index in [1.54, 1.807) is 13.8 Å². The van der Waals surface area contributed by atoms with E-state index in [1.165, 1.54) is 0 Å². The minimum absolute atomic E-state index is 0.0701. The first kappa shape index (κ1) is 13.9. The van der Waals surface area contributed by atoms with Gasteiger partial charge >= 0.3 is 5.97 Å². The Hall–Kier alpha value is -1.14. The molecule has 1 aromatic rings. The Morgan fingerprint density at radius 3 is 2.47 bits per heavy atom. The Bertz CT molecular complexity index is 539. The van der Waals surface area contributed by atoms with Gasteiger partial charge in [0.15, 0.2) is 0 Å². The first-order valence-corrected chi connectivity index (χ1v) is 6.98. The Morgan fingerprint density at radius 1 is 1.41 bits per heavy atom. The van der Waals surface area contributed by atoms with Crippen LogP contribution in [0.4, 0.5) is 4.39 Å². The molecule has 0 spiro atoms. The van der Waals surface area contributed by atoms with Crippen LogP contribution in [-0.2, 0) is 13.8 Å². The number of hydrogen-bond donors (Lipinski definition) is 0. The van der Waals surface area contributed by atoms with Crippen LogP contribution in [0.15, 0.2) is 23.1 Å². The molecule has 0 fully saturated rings. The van der Waals surface area contributed by atoms with E-state index in [4.69, 9.17) is 15.4 Å². The normalized spacial score (nSPS) is 11.6. The molecule has 0 radical (unpaired) electrons. The first-order chi connectivity index (χ1) is 7.71. The van der Waals surface area contributed by atoms with Crippen molar-refractivity contribution >= 4 is 25.7 Å². The minimum atomic E-state index is -4.23. The molecular formula is C10H10ClFO4S. The van der Waals surface area contributed by atoms with Crippen molar-refractivity contribution in [1.29, 1.82) is 0 Å². The molecule has 0 amide bonds. The topological polar surface area (TPSA) is 60.4 Å². The lowest BCUT2D eigenvalue weighted by atomic mass is 10.2. The van der Waals surface area contributed by atoms with Gasteiger partial charge in [0.2, 0.25) is 0 Å². The van der Waals surface area contributed by atoms with Crippen molar-refractivity contribution < 1.29 is 22.3 Å². The molecule has 1 aromatic carbocycles. The SMILES string of the molecule is CC(C)OC(=O)c1ccc(F)c(S(=O)(=O)Cl)c1. The van der Waals surface area contributed by atoms with Gasteiger partial charge in [-0.1, -0.05) is 0 Å². The van der Waals surface area contributed by atoms with Gasteiger partial charge < -0.3 is 4.74 Å². The monoisotopic (exact) mass is 280 g/mol. The quantitative estimate of drug-likeness (QED) is 0.630. The molecular weight excluding hydrogens is 271 g/mol. The number of ether oxygens (including phenoxy) is 1. The maximum absolute atomic E-state index is 13.2. The van der Waals surface area contributed by atoms with Crippen molar-refractivity contribution in [2.45, 2.75) is 24.8 Å². The number of rotatable bonds is 3. The fraction of sp³-hybridized carbons (Fsp3) is 0.300. The largest absolute Gasteiger partial charge is 0.459 e. The maximum Gasteiger partial charge on any atom is 0.338 e. The third kappa shape index (κ3) is 3.67. The number of halogens is 2. The van der Waals surface area contributed by atoms with Gasteiger partial charge in [-0.2, -0.15) is 0 Å². The lowest BCUT2D eigenvalue weighted by Crippen LogP contribution is -2.12. The summed E-state index contributed by atoms with van der Waals surface area (Å²) in [5, 5.41) is 0. The summed E-state index contributed by atoms with van der Waals surface area (Å²) >= 11 is 0. The standard InChI is InChI=1S/C10H10ClFO4S/c1-6(2)16-10(13)7-3-4-8(12)9(5-7)17(11,14)15/h3-6H,1-2H3. The van der Waals surface area contributed by atoms with Gasteiger partial charge in [0, 0.05) is 10.7 Å². The number of benzene rings is 1. The highest BCUT2D eigenvalue weighted by Crippen LogP contribution is 2.20. The lowest BCUT2D eigenvalue weighted by molar-refractivity contribution is 0.0377. The highest BCUT2D eigenvalue weighted by atomic mass is 35.7. The van der Waals surface area contributed by atoms with Crippen LogP contribution in [0.3, 0.4) is 0 Å². The van der Waals surface area contributed by atoms with E-state index < -0.39 is 25.7 Å². The molecule has 1 rings (SSSR count). The molecule has 4 nitrogen and oxygen atoms in total. The minimum Gasteiger partial charge on any atom is -0.459 e. The van der Waals surface area contributed by atoms with E-state index in [1.807, 2.05) is 0 Å². The van der Waals surface area contributed by atoms with Crippen molar-refractivity contribution in [2.75, 3.05) is 0 Å². The van der Waals surface area contributed by atoms with Crippen LogP contribution in [0.25, 0.3) is 0 Å². The van der Waals surface area contributed by atoms with E-state index in [-0.39, 0.29) is 11.7 Å². The number of carbonyl (C=O) groups excluding carboxylic acids is 1. The Labute approximate surface area is 103 Å². The van der Waals surface area contributed by atoms with Crippen molar-refractivity contribution in [3.63, 3.8) is 0 Å². The smallest absolute Gasteiger partial charge is 0.338 e. The van der Waals surface area contributed by atoms with Gasteiger partial charge in [-0.05, 0) is 32.0 Å². The summed E-state index contributed by atoms with van der Waals surface area (Å²) in [5.41, 5.74) is -0.0701. The second-order valence-corrected chi connectivity index (χ2v) is 6.07. The van der Waals surface area contributed by atoms with Gasteiger partial charge in [-0.15, -0.1) is 0 Å². The third-order valence-corrected chi connectivity index (χ3v) is 3.11. The Kier molecular flexibility index (Phi) is 4.11. The molecule has 7 heteroatoms. The van der Waals surface area contributed by atoms with Crippen LogP contribution in [0.2, 0.25) is 0 Å². The molecule has 0 aromatic heterocycles. The summed E-state index contributed by atoms with van der Waals surface area (Å²) in [6.07, 6.45) is -0.358. The number of carbonyl (C=O) groups is 1. The fourth-order valence-corrected chi connectivity index (χ4v) is 2.02. The third-order valence-electron chi connectivity index (χ3n) is 1.77. The fourth-order valence-electron chi connectivity index (χ4n) is 1.10. The van der Waals surface area contributed by atoms with Crippen LogP contribution < -0.4 is 0 Å². The van der Waals surface area contributed by atoms with E-state index >= 15 is 0 Å². The highest BCUT2D eigenvalue weighted by Gasteiger charge is 2.19. The molecule has 0 N–H and O–H groups in total. The predicted molar refractivity (Wildman–Crippen MR) is 60.0 cm³/mol. The molecule has 0 saturated carbocycles. The number of hydrogen-bond acceptors (Lipinski definition) is 4. The van der Waals surface area contributed by atoms with Gasteiger partial charge in [-0.3, -0.25) is 0 Å².